The van der Waals surface area contributed by atoms with E-state index in [1.54, 1.807) is 6.20 Å². The summed E-state index contributed by atoms with van der Waals surface area (Å²) in [6.45, 7) is 6.17. The molecule has 29 heavy (non-hydrogen) atoms. The lowest BCUT2D eigenvalue weighted by atomic mass is 9.48. The quantitative estimate of drug-likeness (QED) is 0.809. The minimum absolute atomic E-state index is 0.148. The summed E-state index contributed by atoms with van der Waals surface area (Å²) < 4.78 is 1.49. The number of anilines is 1. The SMILES string of the molecule is C[C@@H]1C[C@H](C)CN(c2cnn(C34C[C@@H]5CC(C[C@H](C5)C3)[C@H]4C(=O)O)c(=O)c2Cl)C1. The van der Waals surface area contributed by atoms with Crippen LogP contribution in [0.3, 0.4) is 0 Å². The molecule has 0 unspecified atom stereocenters. The molecule has 2 heterocycles. The summed E-state index contributed by atoms with van der Waals surface area (Å²) >= 11 is 6.63. The Balaban J connectivity index is 1.57. The number of nitrogens with zero attached hydrogens (tertiary/aromatic N) is 3. The van der Waals surface area contributed by atoms with Gasteiger partial charge in [0.15, 0.2) is 0 Å². The van der Waals surface area contributed by atoms with Crippen LogP contribution in [0.25, 0.3) is 0 Å². The smallest absolute Gasteiger partial charge is 0.309 e. The van der Waals surface area contributed by atoms with E-state index in [4.69, 9.17) is 11.6 Å². The molecule has 4 bridgehead atoms. The first kappa shape index (κ1) is 19.4. The van der Waals surface area contributed by atoms with Crippen molar-refractivity contribution in [1.82, 2.24) is 9.78 Å². The number of aliphatic carboxylic acids is 1. The maximum atomic E-state index is 13.4. The summed E-state index contributed by atoms with van der Waals surface area (Å²) in [4.78, 5) is 27.9. The zero-order valence-corrected chi connectivity index (χ0v) is 17.9. The Morgan fingerprint density at radius 2 is 1.76 bits per heavy atom. The maximum Gasteiger partial charge on any atom is 0.309 e. The standard InChI is InChI=1S/C22H30ClN3O3/c1-12-3-13(2)11-25(10-12)17-9-24-26(20(27)19(17)23)22-7-14-4-15(8-22)6-16(5-14)18(22)21(28)29/h9,12-16,18H,3-8,10-11H2,1-2H3,(H,28,29)/t12-,13+,14-,15-,16?,18-,22?/m0/s1. The minimum atomic E-state index is -0.790. The molecule has 0 amide bonds. The van der Waals surface area contributed by atoms with Crippen LogP contribution in [0.15, 0.2) is 11.0 Å². The average molecular weight is 420 g/mol. The number of rotatable bonds is 3. The van der Waals surface area contributed by atoms with Gasteiger partial charge in [-0.3, -0.25) is 9.59 Å². The Kier molecular flexibility index (Phi) is 4.50. The van der Waals surface area contributed by atoms with Crippen molar-refractivity contribution in [3.63, 3.8) is 0 Å². The van der Waals surface area contributed by atoms with Crippen LogP contribution in [0.2, 0.25) is 5.02 Å². The molecule has 158 valence electrons. The van der Waals surface area contributed by atoms with Gasteiger partial charge in [-0.25, -0.2) is 4.68 Å². The monoisotopic (exact) mass is 419 g/mol. The molecule has 1 aromatic rings. The molecule has 4 aliphatic carbocycles. The second-order valence-corrected chi connectivity index (χ2v) is 10.8. The molecule has 7 heteroatoms. The molecular formula is C22H30ClN3O3. The third-order valence-corrected chi connectivity index (χ3v) is 8.43. The van der Waals surface area contributed by atoms with Crippen LogP contribution >= 0.6 is 11.6 Å². The second-order valence-electron chi connectivity index (χ2n) is 10.4. The highest BCUT2D eigenvalue weighted by molar-refractivity contribution is 6.33. The molecule has 0 aromatic carbocycles. The molecular weight excluding hydrogens is 390 g/mol. The van der Waals surface area contributed by atoms with Crippen molar-refractivity contribution in [2.24, 2.45) is 35.5 Å². The molecule has 1 N–H and O–H groups in total. The number of carboxylic acids is 1. The lowest BCUT2D eigenvalue weighted by molar-refractivity contribution is -0.168. The average Bonchev–Trinajstić information content (AvgIpc) is 2.61. The Labute approximate surface area is 176 Å². The van der Waals surface area contributed by atoms with E-state index in [2.05, 4.69) is 23.8 Å². The van der Waals surface area contributed by atoms with Gasteiger partial charge in [0.1, 0.15) is 5.02 Å². The highest BCUT2D eigenvalue weighted by Crippen LogP contribution is 2.61. The van der Waals surface area contributed by atoms with Gasteiger partial charge in [-0.15, -0.1) is 0 Å². The number of aromatic nitrogens is 2. The molecule has 5 fully saturated rings. The maximum absolute atomic E-state index is 13.4. The van der Waals surface area contributed by atoms with Crippen molar-refractivity contribution >= 4 is 23.3 Å². The summed E-state index contributed by atoms with van der Waals surface area (Å²) in [6, 6.07) is 0. The van der Waals surface area contributed by atoms with E-state index in [1.807, 2.05) is 0 Å². The first-order valence-corrected chi connectivity index (χ1v) is 11.4. The molecule has 1 aromatic heterocycles. The molecule has 1 aliphatic heterocycles. The molecule has 0 spiro atoms. The van der Waals surface area contributed by atoms with Gasteiger partial charge in [0, 0.05) is 13.1 Å². The van der Waals surface area contributed by atoms with Gasteiger partial charge in [0.25, 0.3) is 5.56 Å². The number of hydrogen-bond acceptors (Lipinski definition) is 4. The van der Waals surface area contributed by atoms with Gasteiger partial charge in [-0.1, -0.05) is 25.4 Å². The molecule has 5 aliphatic rings. The van der Waals surface area contributed by atoms with Crippen LogP contribution in [0.1, 0.15) is 52.4 Å². The number of halogens is 1. The van der Waals surface area contributed by atoms with Crippen molar-refractivity contribution in [2.45, 2.75) is 57.9 Å². The van der Waals surface area contributed by atoms with Gasteiger partial charge >= 0.3 is 5.97 Å². The largest absolute Gasteiger partial charge is 0.481 e. The number of hydrogen-bond donors (Lipinski definition) is 1. The third-order valence-electron chi connectivity index (χ3n) is 8.07. The summed E-state index contributed by atoms with van der Waals surface area (Å²) in [7, 11) is 0. The van der Waals surface area contributed by atoms with E-state index < -0.39 is 17.4 Å². The van der Waals surface area contributed by atoms with E-state index in [9.17, 15) is 14.7 Å². The Bertz CT molecular complexity index is 876. The second kappa shape index (κ2) is 6.73. The van der Waals surface area contributed by atoms with Crippen LogP contribution in [0.5, 0.6) is 0 Å². The molecule has 4 saturated carbocycles. The molecule has 6 nitrogen and oxygen atoms in total. The summed E-state index contributed by atoms with van der Waals surface area (Å²) in [5.41, 5.74) is -0.339. The summed E-state index contributed by atoms with van der Waals surface area (Å²) in [5.74, 6) is 0.889. The number of carbonyl (C=O) groups is 1. The third kappa shape index (κ3) is 2.93. The highest BCUT2D eigenvalue weighted by atomic mass is 35.5. The number of carboxylic acid groups (broad SMARTS) is 1. The topological polar surface area (TPSA) is 75.4 Å². The normalized spacial score (nSPS) is 41.0. The first-order chi connectivity index (χ1) is 13.8. The summed E-state index contributed by atoms with van der Waals surface area (Å²) in [6.07, 6.45) is 7.46. The van der Waals surface area contributed by atoms with E-state index in [0.29, 0.717) is 29.4 Å². The lowest BCUT2D eigenvalue weighted by Crippen LogP contribution is -2.63. The van der Waals surface area contributed by atoms with Crippen molar-refractivity contribution < 1.29 is 9.90 Å². The summed E-state index contributed by atoms with van der Waals surface area (Å²) in [5, 5.41) is 14.9. The van der Waals surface area contributed by atoms with Crippen molar-refractivity contribution in [1.29, 1.82) is 0 Å². The van der Waals surface area contributed by atoms with Crippen molar-refractivity contribution in [3.8, 4) is 0 Å². The molecule has 6 rings (SSSR count). The predicted molar refractivity (Wildman–Crippen MR) is 111 cm³/mol. The van der Waals surface area contributed by atoms with Gasteiger partial charge in [0.05, 0.1) is 23.3 Å². The van der Waals surface area contributed by atoms with Gasteiger partial charge in [-0.05, 0) is 68.1 Å². The van der Waals surface area contributed by atoms with Gasteiger partial charge < -0.3 is 10.0 Å². The highest BCUT2D eigenvalue weighted by Gasteiger charge is 2.61. The molecule has 1 saturated heterocycles. The lowest BCUT2D eigenvalue weighted by Gasteiger charge is -2.59. The fraction of sp³-hybridized carbons (Fsp3) is 0.773. The fourth-order valence-corrected chi connectivity index (χ4v) is 7.80. The van der Waals surface area contributed by atoms with E-state index >= 15 is 0 Å². The van der Waals surface area contributed by atoms with Crippen LogP contribution in [0.4, 0.5) is 5.69 Å². The number of piperidine rings is 1. The fourth-order valence-electron chi connectivity index (χ4n) is 7.56. The Hall–Kier alpha value is -1.56. The Morgan fingerprint density at radius 3 is 2.34 bits per heavy atom. The Morgan fingerprint density at radius 1 is 1.14 bits per heavy atom. The minimum Gasteiger partial charge on any atom is -0.481 e. The molecule has 5 atom stereocenters. The van der Waals surface area contributed by atoms with Crippen LogP contribution in [-0.2, 0) is 10.3 Å². The van der Waals surface area contributed by atoms with Crippen LogP contribution < -0.4 is 10.5 Å². The van der Waals surface area contributed by atoms with Crippen molar-refractivity contribution in [3.05, 3.63) is 21.6 Å². The van der Waals surface area contributed by atoms with E-state index in [1.165, 1.54) is 11.1 Å². The zero-order valence-electron chi connectivity index (χ0n) is 17.2. The molecule has 0 radical (unpaired) electrons. The van der Waals surface area contributed by atoms with E-state index in [-0.39, 0.29) is 16.5 Å². The van der Waals surface area contributed by atoms with Crippen LogP contribution in [-0.4, -0.2) is 33.9 Å². The first-order valence-electron chi connectivity index (χ1n) is 11.0. The van der Waals surface area contributed by atoms with Crippen LogP contribution in [0, 0.1) is 35.5 Å². The van der Waals surface area contributed by atoms with Gasteiger partial charge in [-0.2, -0.15) is 5.10 Å². The van der Waals surface area contributed by atoms with E-state index in [0.717, 1.165) is 45.2 Å². The van der Waals surface area contributed by atoms with Crippen molar-refractivity contribution in [2.75, 3.05) is 18.0 Å². The predicted octanol–water partition coefficient (Wildman–Crippen LogP) is 3.62. The van der Waals surface area contributed by atoms with Gasteiger partial charge in [0.2, 0.25) is 0 Å². The zero-order chi connectivity index (χ0) is 20.5.